The molecule has 1 N–H and O–H groups in total. The summed E-state index contributed by atoms with van der Waals surface area (Å²) in [6.45, 7) is 0. The largest absolute Gasteiger partial charge is 0.490 e. The second kappa shape index (κ2) is 5.11. The molecule has 0 spiro atoms. The molecule has 8 heteroatoms. The van der Waals surface area contributed by atoms with Gasteiger partial charge in [-0.25, -0.2) is 4.99 Å². The zero-order valence-electron chi connectivity index (χ0n) is 9.87. The van der Waals surface area contributed by atoms with Crippen LogP contribution < -0.4 is 10.1 Å². The average Bonchev–Trinajstić information content (AvgIpc) is 2.67. The van der Waals surface area contributed by atoms with Crippen LogP contribution in [0.2, 0.25) is 0 Å². The van der Waals surface area contributed by atoms with Crippen molar-refractivity contribution in [3.05, 3.63) is 33.9 Å². The van der Waals surface area contributed by atoms with E-state index in [9.17, 15) is 14.9 Å². The third-order valence-corrected chi connectivity index (χ3v) is 2.72. The lowest BCUT2D eigenvalue weighted by Gasteiger charge is -2.04. The molecule has 7 nitrogen and oxygen atoms in total. The number of aliphatic imine (C=N–C) groups is 1. The molecule has 2 rings (SSSR count). The first-order chi connectivity index (χ1) is 9.01. The fraction of sp³-hybridized carbons (Fsp3) is 0.182. The third kappa shape index (κ3) is 2.74. The van der Waals surface area contributed by atoms with Crippen LogP contribution in [0.1, 0.15) is 5.56 Å². The maximum absolute atomic E-state index is 11.4. The summed E-state index contributed by atoms with van der Waals surface area (Å²) in [5, 5.41) is 13.4. The molecule has 1 aromatic rings. The molecule has 0 unspecified atom stereocenters. The predicted molar refractivity (Wildman–Crippen MR) is 71.5 cm³/mol. The van der Waals surface area contributed by atoms with Gasteiger partial charge in [0, 0.05) is 12.5 Å². The fourth-order valence-corrected chi connectivity index (χ4v) is 1.87. The lowest BCUT2D eigenvalue weighted by molar-refractivity contribution is -0.385. The molecule has 1 aromatic carbocycles. The van der Waals surface area contributed by atoms with Crippen molar-refractivity contribution in [2.75, 3.05) is 7.11 Å². The Morgan fingerprint density at radius 1 is 1.53 bits per heavy atom. The summed E-state index contributed by atoms with van der Waals surface area (Å²) in [5.41, 5.74) is 0.678. The molecule has 19 heavy (non-hydrogen) atoms. The summed E-state index contributed by atoms with van der Waals surface area (Å²) in [7, 11) is 1.36. The predicted octanol–water partition coefficient (Wildman–Crippen LogP) is 1.00. The summed E-state index contributed by atoms with van der Waals surface area (Å²) in [6, 6.07) is 4.48. The Labute approximate surface area is 113 Å². The number of carbonyl (C=O) groups excluding carboxylic acids is 1. The Morgan fingerprint density at radius 3 is 2.79 bits per heavy atom. The number of benzene rings is 1. The van der Waals surface area contributed by atoms with Gasteiger partial charge in [-0.1, -0.05) is 6.07 Å². The normalized spacial score (nSPS) is 14.1. The van der Waals surface area contributed by atoms with E-state index in [1.807, 2.05) is 0 Å². The van der Waals surface area contributed by atoms with Crippen LogP contribution in [-0.2, 0) is 11.2 Å². The molecule has 0 saturated heterocycles. The summed E-state index contributed by atoms with van der Waals surface area (Å²) < 4.78 is 4.90. The maximum Gasteiger partial charge on any atom is 0.311 e. The minimum Gasteiger partial charge on any atom is -0.490 e. The fourth-order valence-electron chi connectivity index (χ4n) is 1.67. The number of hydrogen-bond acceptors (Lipinski definition) is 5. The number of nitro benzene ring substituents is 1. The van der Waals surface area contributed by atoms with Crippen LogP contribution in [0.15, 0.2) is 23.2 Å². The van der Waals surface area contributed by atoms with E-state index in [0.717, 1.165) is 0 Å². The number of amides is 1. The Hall–Kier alpha value is -2.35. The number of rotatable bonds is 4. The number of nitrogens with one attached hydrogen (secondary N) is 1. The number of carbonyl (C=O) groups is 1. The minimum atomic E-state index is -0.538. The van der Waals surface area contributed by atoms with Crippen LogP contribution in [0.4, 0.5) is 5.69 Å². The van der Waals surface area contributed by atoms with Gasteiger partial charge < -0.3 is 4.74 Å². The molecule has 0 radical (unpaired) electrons. The molecule has 0 fully saturated rings. The standard InChI is InChI=1S/C11H9N3O4S/c1-18-9-3-2-6(5-8(9)14(16)17)4-7-10(15)13-11(19)12-7/h2-3,5H,4H2,1H3,(H,13,15,19). The Morgan fingerprint density at radius 2 is 2.26 bits per heavy atom. The molecule has 0 atom stereocenters. The lowest BCUT2D eigenvalue weighted by atomic mass is 10.1. The number of nitro groups is 1. The van der Waals surface area contributed by atoms with Gasteiger partial charge in [0.25, 0.3) is 5.91 Å². The van der Waals surface area contributed by atoms with Crippen molar-refractivity contribution in [2.45, 2.75) is 6.42 Å². The van der Waals surface area contributed by atoms with E-state index < -0.39 is 4.92 Å². The van der Waals surface area contributed by atoms with Crippen LogP contribution in [-0.4, -0.2) is 28.8 Å². The summed E-state index contributed by atoms with van der Waals surface area (Å²) in [4.78, 5) is 25.7. The lowest BCUT2D eigenvalue weighted by Crippen LogP contribution is -2.26. The van der Waals surface area contributed by atoms with Crippen LogP contribution >= 0.6 is 12.2 Å². The average molecular weight is 279 g/mol. The number of thiocarbonyl (C=S) groups is 1. The van der Waals surface area contributed by atoms with Gasteiger partial charge in [-0.15, -0.1) is 0 Å². The summed E-state index contributed by atoms with van der Waals surface area (Å²) >= 11 is 4.75. The molecule has 1 aliphatic rings. The molecule has 0 bridgehead atoms. The molecular weight excluding hydrogens is 270 g/mol. The smallest absolute Gasteiger partial charge is 0.311 e. The van der Waals surface area contributed by atoms with Crippen molar-refractivity contribution < 1.29 is 14.5 Å². The van der Waals surface area contributed by atoms with Crippen molar-refractivity contribution in [3.8, 4) is 5.75 Å². The van der Waals surface area contributed by atoms with Crippen molar-refractivity contribution in [2.24, 2.45) is 4.99 Å². The maximum atomic E-state index is 11.4. The van der Waals surface area contributed by atoms with Gasteiger partial charge in [0.05, 0.1) is 12.0 Å². The Bertz CT molecular complexity index is 612. The van der Waals surface area contributed by atoms with Crippen LogP contribution in [0.25, 0.3) is 0 Å². The second-order valence-electron chi connectivity index (χ2n) is 3.76. The summed E-state index contributed by atoms with van der Waals surface area (Å²) in [5.74, 6) is -0.203. The highest BCUT2D eigenvalue weighted by Gasteiger charge is 2.22. The molecule has 1 heterocycles. The molecule has 0 aliphatic carbocycles. The Balaban J connectivity index is 2.29. The van der Waals surface area contributed by atoms with Gasteiger partial charge in [-0.3, -0.25) is 20.2 Å². The van der Waals surface area contributed by atoms with Gasteiger partial charge in [0.15, 0.2) is 10.9 Å². The monoisotopic (exact) mass is 279 g/mol. The number of methoxy groups -OCH3 is 1. The van der Waals surface area contributed by atoms with Crippen LogP contribution in [0, 0.1) is 10.1 Å². The molecule has 0 aromatic heterocycles. The SMILES string of the molecule is COc1ccc(CC2=NC(=S)NC2=O)cc1[N+](=O)[O-]. The van der Waals surface area contributed by atoms with Crippen molar-refractivity contribution in [1.29, 1.82) is 0 Å². The van der Waals surface area contributed by atoms with E-state index in [4.69, 9.17) is 17.0 Å². The van der Waals surface area contributed by atoms with Gasteiger partial charge in [0.2, 0.25) is 0 Å². The number of ether oxygens (including phenoxy) is 1. The van der Waals surface area contributed by atoms with Gasteiger partial charge >= 0.3 is 5.69 Å². The van der Waals surface area contributed by atoms with Crippen LogP contribution in [0.3, 0.4) is 0 Å². The van der Waals surface area contributed by atoms with Crippen molar-refractivity contribution in [1.82, 2.24) is 5.32 Å². The topological polar surface area (TPSA) is 93.8 Å². The van der Waals surface area contributed by atoms with Crippen molar-refractivity contribution in [3.63, 3.8) is 0 Å². The third-order valence-electron chi connectivity index (χ3n) is 2.53. The second-order valence-corrected chi connectivity index (χ2v) is 4.14. The quantitative estimate of drug-likeness (QED) is 0.504. The number of hydrogen-bond donors (Lipinski definition) is 1. The van der Waals surface area contributed by atoms with E-state index >= 15 is 0 Å². The van der Waals surface area contributed by atoms with E-state index in [0.29, 0.717) is 5.56 Å². The zero-order valence-corrected chi connectivity index (χ0v) is 10.7. The van der Waals surface area contributed by atoms with E-state index in [-0.39, 0.29) is 34.6 Å². The molecule has 1 aliphatic heterocycles. The number of nitrogens with zero attached hydrogens (tertiary/aromatic N) is 2. The first kappa shape index (κ1) is 13.1. The van der Waals surface area contributed by atoms with E-state index in [1.165, 1.54) is 19.2 Å². The highest BCUT2D eigenvalue weighted by atomic mass is 32.1. The molecule has 98 valence electrons. The van der Waals surface area contributed by atoms with E-state index in [2.05, 4.69) is 10.3 Å². The first-order valence-electron chi connectivity index (χ1n) is 5.25. The van der Waals surface area contributed by atoms with Gasteiger partial charge in [0.1, 0.15) is 5.71 Å². The molecule has 0 saturated carbocycles. The zero-order chi connectivity index (χ0) is 14.0. The van der Waals surface area contributed by atoms with Gasteiger partial charge in [-0.05, 0) is 23.8 Å². The summed E-state index contributed by atoms with van der Waals surface area (Å²) in [6.07, 6.45) is 0.177. The molecule has 1 amide bonds. The van der Waals surface area contributed by atoms with Crippen LogP contribution in [0.5, 0.6) is 5.75 Å². The van der Waals surface area contributed by atoms with Crippen molar-refractivity contribution >= 4 is 34.6 Å². The van der Waals surface area contributed by atoms with E-state index in [1.54, 1.807) is 6.07 Å². The minimum absolute atomic E-state index is 0.114. The first-order valence-corrected chi connectivity index (χ1v) is 5.66. The van der Waals surface area contributed by atoms with Gasteiger partial charge in [-0.2, -0.15) is 0 Å². The molecular formula is C11H9N3O4S. The Kier molecular flexibility index (Phi) is 3.52. The highest BCUT2D eigenvalue weighted by Crippen LogP contribution is 2.27. The highest BCUT2D eigenvalue weighted by molar-refractivity contribution is 7.80.